The van der Waals surface area contributed by atoms with E-state index in [4.69, 9.17) is 30.0 Å². The average Bonchev–Trinajstić information content (AvgIpc) is 4.04. The summed E-state index contributed by atoms with van der Waals surface area (Å²) in [6.07, 6.45) is 9.90. The summed E-state index contributed by atoms with van der Waals surface area (Å²) >= 11 is 5.98. The first-order valence-corrected chi connectivity index (χ1v) is 22.4. The molecule has 13 atom stereocenters. The lowest BCUT2D eigenvalue weighted by Crippen LogP contribution is -2.60. The third-order valence-electron chi connectivity index (χ3n) is 17.2. The van der Waals surface area contributed by atoms with Crippen LogP contribution in [0.3, 0.4) is 0 Å². The maximum Gasteiger partial charge on any atom is 0.297 e. The number of amides is 1. The zero-order chi connectivity index (χ0) is 37.3. The summed E-state index contributed by atoms with van der Waals surface area (Å²) < 4.78 is 51.3. The van der Waals surface area contributed by atoms with Crippen LogP contribution in [-0.2, 0) is 33.3 Å². The fraction of sp³-hybridized carbons (Fsp3) is 0.833. The maximum absolute atomic E-state index is 13.0. The van der Waals surface area contributed by atoms with Crippen LogP contribution in [0, 0.1) is 56.7 Å². The van der Waals surface area contributed by atoms with Crippen molar-refractivity contribution in [3.8, 4) is 0 Å². The van der Waals surface area contributed by atoms with Crippen LogP contribution in [0.4, 0.5) is 0 Å². The van der Waals surface area contributed by atoms with Gasteiger partial charge in [0.15, 0.2) is 6.29 Å². The zero-order valence-corrected chi connectivity index (χ0v) is 33.8. The minimum Gasteiger partial charge on any atom is -0.390 e. The number of benzene rings is 1. The van der Waals surface area contributed by atoms with E-state index in [1.54, 1.807) is 12.1 Å². The molecule has 9 nitrogen and oxygen atoms in total. The third kappa shape index (κ3) is 5.52. The molecular weight excluding hydrogens is 714 g/mol. The van der Waals surface area contributed by atoms with Crippen molar-refractivity contribution in [2.45, 2.75) is 141 Å². The van der Waals surface area contributed by atoms with Crippen LogP contribution < -0.4 is 0 Å². The molecule has 294 valence electrons. The van der Waals surface area contributed by atoms with Gasteiger partial charge in [-0.05, 0) is 140 Å². The lowest BCUT2D eigenvalue weighted by molar-refractivity contribution is -0.248. The van der Waals surface area contributed by atoms with Crippen LogP contribution in [0.25, 0.3) is 0 Å². The average molecular weight is 774 g/mol. The normalized spacial score (nSPS) is 47.1. The standard InChI is InChI=1S/C42H60ClNO8S/c1-25-20-28(23-50-53(47,48)29-10-8-27(43)9-11-29)51-36-35(25)39(4)16-17-42-24-41(42)15-14-32(38(2,3)30(41)12-13-31(42)40(39,5)37(36)46)52-34-22-44(18-19-49-34)33(45)21-26-6-7-26/h8-11,25-26,28,30-32,34-37,46H,6-7,12-24H2,1-5H3/t25-,28-,30+,31+,32+,34+,35+,36+,37+,39-,40-,41-,42?/m1/s1. The topological polar surface area (TPSA) is 112 Å². The number of carbonyl (C=O) groups is 1. The Kier molecular flexibility index (Phi) is 8.88. The van der Waals surface area contributed by atoms with Gasteiger partial charge >= 0.3 is 0 Å². The van der Waals surface area contributed by atoms with E-state index >= 15 is 0 Å². The summed E-state index contributed by atoms with van der Waals surface area (Å²) in [7, 11) is -3.97. The summed E-state index contributed by atoms with van der Waals surface area (Å²) in [5, 5.41) is 13.0. The summed E-state index contributed by atoms with van der Waals surface area (Å²) in [6.45, 7) is 13.6. The Morgan fingerprint density at radius 3 is 2.45 bits per heavy atom. The lowest BCUT2D eigenvalue weighted by atomic mass is 9.41. The number of halogens is 1. The molecule has 6 aliphatic carbocycles. The number of aliphatic hydroxyl groups is 1. The third-order valence-corrected chi connectivity index (χ3v) is 18.7. The Morgan fingerprint density at radius 2 is 1.72 bits per heavy atom. The van der Waals surface area contributed by atoms with Gasteiger partial charge in [0.1, 0.15) is 0 Å². The van der Waals surface area contributed by atoms with Crippen molar-refractivity contribution >= 4 is 27.6 Å². The van der Waals surface area contributed by atoms with Crippen LogP contribution in [0.15, 0.2) is 29.2 Å². The molecule has 2 saturated heterocycles. The Labute approximate surface area is 321 Å². The van der Waals surface area contributed by atoms with E-state index in [-0.39, 0.29) is 74.8 Å². The van der Waals surface area contributed by atoms with Gasteiger partial charge in [0.2, 0.25) is 5.91 Å². The molecule has 0 bridgehead atoms. The van der Waals surface area contributed by atoms with E-state index < -0.39 is 22.3 Å². The van der Waals surface area contributed by atoms with E-state index in [1.807, 2.05) is 4.90 Å². The van der Waals surface area contributed by atoms with Gasteiger partial charge in [0.25, 0.3) is 10.1 Å². The van der Waals surface area contributed by atoms with Gasteiger partial charge in [0, 0.05) is 23.4 Å². The van der Waals surface area contributed by atoms with Gasteiger partial charge in [0.05, 0.1) is 49.1 Å². The minimum absolute atomic E-state index is 0.0303. The summed E-state index contributed by atoms with van der Waals surface area (Å²) in [6, 6.07) is 6.01. The van der Waals surface area contributed by atoms with Crippen LogP contribution in [0.2, 0.25) is 5.02 Å². The molecule has 2 spiro atoms. The second-order valence-corrected chi connectivity index (χ2v) is 21.8. The second kappa shape index (κ2) is 12.6. The molecule has 1 aromatic carbocycles. The number of fused-ring (bicyclic) bond motifs is 4. The number of nitrogens with zero attached hydrogens (tertiary/aromatic N) is 1. The molecule has 0 radical (unpaired) electrons. The molecule has 1 unspecified atom stereocenters. The van der Waals surface area contributed by atoms with Crippen molar-refractivity contribution in [2.75, 3.05) is 26.3 Å². The Balaban J connectivity index is 0.898. The first kappa shape index (κ1) is 37.3. The molecule has 9 rings (SSSR count). The monoisotopic (exact) mass is 773 g/mol. The Bertz CT molecular complexity index is 1720. The highest BCUT2D eigenvalue weighted by molar-refractivity contribution is 7.86. The highest BCUT2D eigenvalue weighted by Gasteiger charge is 2.84. The quantitative estimate of drug-likeness (QED) is 0.276. The lowest BCUT2D eigenvalue weighted by Gasteiger charge is -2.64. The van der Waals surface area contributed by atoms with Gasteiger partial charge in [-0.3, -0.25) is 8.98 Å². The molecule has 53 heavy (non-hydrogen) atoms. The van der Waals surface area contributed by atoms with Gasteiger partial charge in [-0.2, -0.15) is 8.42 Å². The van der Waals surface area contributed by atoms with E-state index in [0.717, 1.165) is 32.1 Å². The first-order valence-electron chi connectivity index (χ1n) is 20.6. The highest BCUT2D eigenvalue weighted by atomic mass is 35.5. The second-order valence-electron chi connectivity index (χ2n) is 19.7. The van der Waals surface area contributed by atoms with Crippen molar-refractivity contribution in [1.82, 2.24) is 4.90 Å². The number of hydrogen-bond acceptors (Lipinski definition) is 8. The smallest absolute Gasteiger partial charge is 0.297 e. The molecule has 1 aromatic rings. The number of hydrogen-bond donors (Lipinski definition) is 1. The van der Waals surface area contributed by atoms with E-state index in [0.29, 0.717) is 55.3 Å². The van der Waals surface area contributed by atoms with Crippen molar-refractivity contribution in [3.63, 3.8) is 0 Å². The summed E-state index contributed by atoms with van der Waals surface area (Å²) in [4.78, 5) is 15.0. The van der Waals surface area contributed by atoms with Gasteiger partial charge in [-0.1, -0.05) is 46.2 Å². The minimum atomic E-state index is -3.97. The summed E-state index contributed by atoms with van der Waals surface area (Å²) in [5.41, 5.74) is 0.0549. The molecule has 8 fully saturated rings. The van der Waals surface area contributed by atoms with E-state index in [2.05, 4.69) is 34.6 Å². The van der Waals surface area contributed by atoms with Gasteiger partial charge in [-0.15, -0.1) is 0 Å². The molecule has 6 saturated carbocycles. The number of morpholine rings is 1. The fourth-order valence-corrected chi connectivity index (χ4v) is 15.4. The fourth-order valence-electron chi connectivity index (χ4n) is 14.4. The first-order chi connectivity index (χ1) is 25.1. The largest absolute Gasteiger partial charge is 0.390 e. The Hall–Kier alpha value is -1.27. The maximum atomic E-state index is 13.0. The molecule has 1 amide bonds. The van der Waals surface area contributed by atoms with Crippen molar-refractivity contribution in [1.29, 1.82) is 0 Å². The highest BCUT2D eigenvalue weighted by Crippen LogP contribution is 2.89. The Morgan fingerprint density at radius 1 is 1.00 bits per heavy atom. The summed E-state index contributed by atoms with van der Waals surface area (Å²) in [5.74, 6) is 2.23. The molecule has 11 heteroatoms. The van der Waals surface area contributed by atoms with Gasteiger partial charge < -0.3 is 24.2 Å². The van der Waals surface area contributed by atoms with E-state index in [9.17, 15) is 18.3 Å². The SMILES string of the molecule is C[C@@H]1C[C@H](COS(=O)(=O)c2ccc(Cl)cc2)O[C@H]2[C@H]1[C@@]1(C)CCC34C[C@@]35CC[C@H](O[C@H]3CN(C(=O)CC6CC6)CCO3)C(C)(C)[C@@H]5CC[C@H]4[C@]1(C)[C@H]2O. The van der Waals surface area contributed by atoms with E-state index in [1.165, 1.54) is 37.8 Å². The number of rotatable bonds is 8. The predicted molar refractivity (Wildman–Crippen MR) is 199 cm³/mol. The van der Waals surface area contributed by atoms with Crippen LogP contribution in [0.5, 0.6) is 0 Å². The van der Waals surface area contributed by atoms with Gasteiger partial charge in [-0.25, -0.2) is 0 Å². The zero-order valence-electron chi connectivity index (χ0n) is 32.2. The molecule has 8 aliphatic rings. The number of carbonyl (C=O) groups excluding carboxylic acids is 1. The number of aliphatic hydroxyl groups excluding tert-OH is 1. The molecule has 1 N–H and O–H groups in total. The van der Waals surface area contributed by atoms with Crippen LogP contribution in [0.1, 0.15) is 105 Å². The number of ether oxygens (including phenoxy) is 3. The van der Waals surface area contributed by atoms with Crippen molar-refractivity contribution < 1.29 is 36.7 Å². The van der Waals surface area contributed by atoms with Crippen LogP contribution in [-0.4, -0.2) is 81.3 Å². The van der Waals surface area contributed by atoms with Crippen molar-refractivity contribution in [2.24, 2.45) is 56.7 Å². The van der Waals surface area contributed by atoms with Crippen LogP contribution >= 0.6 is 11.6 Å². The molecule has 0 aromatic heterocycles. The van der Waals surface area contributed by atoms with Crippen molar-refractivity contribution in [3.05, 3.63) is 29.3 Å². The molecule has 2 heterocycles. The molecular formula is C42H60ClNO8S. The molecule has 2 aliphatic heterocycles. The predicted octanol–water partition coefficient (Wildman–Crippen LogP) is 7.23.